The van der Waals surface area contributed by atoms with Gasteiger partial charge in [0.1, 0.15) is 0 Å². The summed E-state index contributed by atoms with van der Waals surface area (Å²) in [5, 5.41) is 5.69. The maximum Gasteiger partial charge on any atom is 0.281 e. The van der Waals surface area contributed by atoms with Crippen LogP contribution in [0.15, 0.2) is 24.3 Å². The number of carbonyl (C=O) groups is 2. The molecule has 1 aromatic carbocycles. The Morgan fingerprint density at radius 3 is 2.67 bits per heavy atom. The molecule has 0 spiro atoms. The van der Waals surface area contributed by atoms with Crippen LogP contribution in [0.25, 0.3) is 0 Å². The Bertz CT molecular complexity index is 868. The third-order valence-corrected chi connectivity index (χ3v) is 7.39. The first-order valence-electron chi connectivity index (χ1n) is 10.3. The summed E-state index contributed by atoms with van der Waals surface area (Å²) >= 11 is 0. The number of ether oxygens (including phenoxy) is 1. The van der Waals surface area contributed by atoms with Gasteiger partial charge in [0.15, 0.2) is 0 Å². The monoisotopic (exact) mass is 438 g/mol. The van der Waals surface area contributed by atoms with Crippen molar-refractivity contribution in [2.45, 2.75) is 31.8 Å². The molecule has 10 heteroatoms. The Kier molecular flexibility index (Phi) is 7.45. The van der Waals surface area contributed by atoms with Gasteiger partial charge in [0.25, 0.3) is 16.1 Å². The fraction of sp³-hybridized carbons (Fsp3) is 0.600. The Labute approximate surface area is 177 Å². The summed E-state index contributed by atoms with van der Waals surface area (Å²) in [7, 11) is -0.612. The molecule has 2 heterocycles. The molecule has 2 fully saturated rings. The van der Waals surface area contributed by atoms with E-state index in [1.807, 2.05) is 0 Å². The molecular formula is C20H30N4O5S. The summed E-state index contributed by atoms with van der Waals surface area (Å²) in [4.78, 5) is 25.5. The number of rotatable bonds is 7. The van der Waals surface area contributed by atoms with E-state index < -0.39 is 16.1 Å². The lowest BCUT2D eigenvalue weighted by Crippen LogP contribution is -2.47. The molecule has 0 unspecified atom stereocenters. The zero-order valence-corrected chi connectivity index (χ0v) is 18.3. The molecule has 2 N–H and O–H groups in total. The number of para-hydroxylation sites is 1. The summed E-state index contributed by atoms with van der Waals surface area (Å²) < 4.78 is 32.8. The summed E-state index contributed by atoms with van der Waals surface area (Å²) in [5.74, 6) is -1.04. The molecule has 2 aliphatic rings. The molecule has 0 radical (unpaired) electrons. The standard InChI is InChI=1S/C20H30N4O5S/c1-23(2)30(27,28)24-11-5-7-15(14-24)19(25)22-18-10-4-3-9-17(18)20(26)21-13-16-8-6-12-29-16/h3-4,9-10,15-16H,5-8,11-14H2,1-2H3,(H,21,26)(H,22,25)/t15-,16-/m0/s1. The molecular weight excluding hydrogens is 408 g/mol. The van der Waals surface area contributed by atoms with Crippen LogP contribution in [0.2, 0.25) is 0 Å². The van der Waals surface area contributed by atoms with Crippen LogP contribution < -0.4 is 10.6 Å². The molecule has 2 atom stereocenters. The minimum atomic E-state index is -3.57. The summed E-state index contributed by atoms with van der Waals surface area (Å²) in [6.45, 7) is 1.67. The van der Waals surface area contributed by atoms with Crippen molar-refractivity contribution in [1.82, 2.24) is 13.9 Å². The zero-order chi connectivity index (χ0) is 21.7. The predicted octanol–water partition coefficient (Wildman–Crippen LogP) is 1.05. The van der Waals surface area contributed by atoms with E-state index in [0.717, 1.165) is 23.8 Å². The molecule has 0 aliphatic carbocycles. The molecule has 9 nitrogen and oxygen atoms in total. The summed E-state index contributed by atoms with van der Waals surface area (Å²) in [5.41, 5.74) is 0.789. The Hall–Kier alpha value is -2.01. The maximum atomic E-state index is 12.9. The van der Waals surface area contributed by atoms with Crippen molar-refractivity contribution in [2.24, 2.45) is 5.92 Å². The molecule has 0 saturated carbocycles. The number of nitrogens with one attached hydrogen (secondary N) is 2. The normalized spacial score (nSPS) is 22.8. The second-order valence-electron chi connectivity index (χ2n) is 7.87. The van der Waals surface area contributed by atoms with Crippen molar-refractivity contribution in [3.05, 3.63) is 29.8 Å². The lowest BCUT2D eigenvalue weighted by molar-refractivity contribution is -0.120. The SMILES string of the molecule is CN(C)S(=O)(=O)N1CCC[C@H](C(=O)Nc2ccccc2C(=O)NC[C@@H]2CCCO2)C1. The van der Waals surface area contributed by atoms with Crippen LogP contribution in [-0.4, -0.2) is 75.3 Å². The summed E-state index contributed by atoms with van der Waals surface area (Å²) in [6.07, 6.45) is 3.15. The smallest absolute Gasteiger partial charge is 0.281 e. The highest BCUT2D eigenvalue weighted by atomic mass is 32.2. The number of hydrogen-bond donors (Lipinski definition) is 2. The van der Waals surface area contributed by atoms with Crippen LogP contribution in [0.3, 0.4) is 0 Å². The topological polar surface area (TPSA) is 108 Å². The number of amides is 2. The lowest BCUT2D eigenvalue weighted by Gasteiger charge is -2.32. The third kappa shape index (κ3) is 5.37. The van der Waals surface area contributed by atoms with Gasteiger partial charge >= 0.3 is 0 Å². The van der Waals surface area contributed by atoms with Crippen molar-refractivity contribution in [1.29, 1.82) is 0 Å². The van der Waals surface area contributed by atoms with E-state index in [-0.39, 0.29) is 24.5 Å². The minimum absolute atomic E-state index is 0.0302. The molecule has 0 bridgehead atoms. The number of benzene rings is 1. The number of anilines is 1. The predicted molar refractivity (Wildman–Crippen MR) is 113 cm³/mol. The number of hydrogen-bond acceptors (Lipinski definition) is 5. The van der Waals surface area contributed by atoms with Gasteiger partial charge in [-0.05, 0) is 37.8 Å². The Balaban J connectivity index is 1.64. The van der Waals surface area contributed by atoms with Gasteiger partial charge in [-0.3, -0.25) is 9.59 Å². The van der Waals surface area contributed by atoms with Crippen LogP contribution >= 0.6 is 0 Å². The molecule has 166 valence electrons. The number of carbonyl (C=O) groups excluding carboxylic acids is 2. The molecule has 2 saturated heterocycles. The fourth-order valence-corrected chi connectivity index (χ4v) is 4.92. The van der Waals surface area contributed by atoms with Crippen LogP contribution in [0.5, 0.6) is 0 Å². The molecule has 1 aromatic rings. The second kappa shape index (κ2) is 9.86. The van der Waals surface area contributed by atoms with Gasteiger partial charge in [0, 0.05) is 40.3 Å². The lowest BCUT2D eigenvalue weighted by atomic mass is 9.98. The fourth-order valence-electron chi connectivity index (χ4n) is 3.73. The quantitative estimate of drug-likeness (QED) is 0.662. The average molecular weight is 439 g/mol. The van der Waals surface area contributed by atoms with E-state index in [1.54, 1.807) is 24.3 Å². The number of piperidine rings is 1. The molecule has 2 amide bonds. The highest BCUT2D eigenvalue weighted by Gasteiger charge is 2.33. The Morgan fingerprint density at radius 1 is 1.20 bits per heavy atom. The summed E-state index contributed by atoms with van der Waals surface area (Å²) in [6, 6.07) is 6.82. The van der Waals surface area contributed by atoms with Gasteiger partial charge < -0.3 is 15.4 Å². The van der Waals surface area contributed by atoms with Crippen LogP contribution in [0.1, 0.15) is 36.0 Å². The van der Waals surface area contributed by atoms with Gasteiger partial charge in [-0.2, -0.15) is 17.0 Å². The van der Waals surface area contributed by atoms with Crippen molar-refractivity contribution >= 4 is 27.7 Å². The van der Waals surface area contributed by atoms with Gasteiger partial charge in [-0.15, -0.1) is 0 Å². The van der Waals surface area contributed by atoms with E-state index >= 15 is 0 Å². The zero-order valence-electron chi connectivity index (χ0n) is 17.5. The van der Waals surface area contributed by atoms with Crippen LogP contribution in [-0.2, 0) is 19.7 Å². The van der Waals surface area contributed by atoms with E-state index in [1.165, 1.54) is 18.4 Å². The first-order chi connectivity index (χ1) is 14.3. The van der Waals surface area contributed by atoms with Crippen molar-refractivity contribution in [3.8, 4) is 0 Å². The first kappa shape index (κ1) is 22.7. The molecule has 3 rings (SSSR count). The van der Waals surface area contributed by atoms with E-state index in [2.05, 4.69) is 10.6 Å². The van der Waals surface area contributed by atoms with E-state index in [4.69, 9.17) is 4.74 Å². The third-order valence-electron chi connectivity index (χ3n) is 5.49. The molecule has 0 aromatic heterocycles. The van der Waals surface area contributed by atoms with Gasteiger partial charge in [-0.25, -0.2) is 0 Å². The van der Waals surface area contributed by atoms with Crippen molar-refractivity contribution in [2.75, 3.05) is 45.7 Å². The van der Waals surface area contributed by atoms with Crippen molar-refractivity contribution in [3.63, 3.8) is 0 Å². The largest absolute Gasteiger partial charge is 0.376 e. The van der Waals surface area contributed by atoms with E-state index in [0.29, 0.717) is 37.2 Å². The number of nitrogens with zero attached hydrogens (tertiary/aromatic N) is 2. The van der Waals surface area contributed by atoms with Gasteiger partial charge in [0.2, 0.25) is 5.91 Å². The van der Waals surface area contributed by atoms with Gasteiger partial charge in [0.05, 0.1) is 23.3 Å². The highest BCUT2D eigenvalue weighted by molar-refractivity contribution is 7.86. The highest BCUT2D eigenvalue weighted by Crippen LogP contribution is 2.23. The van der Waals surface area contributed by atoms with E-state index in [9.17, 15) is 18.0 Å². The van der Waals surface area contributed by atoms with Crippen molar-refractivity contribution < 1.29 is 22.7 Å². The van der Waals surface area contributed by atoms with Crippen LogP contribution in [0, 0.1) is 5.92 Å². The minimum Gasteiger partial charge on any atom is -0.376 e. The van der Waals surface area contributed by atoms with Crippen LogP contribution in [0.4, 0.5) is 5.69 Å². The molecule has 30 heavy (non-hydrogen) atoms. The average Bonchev–Trinajstić information content (AvgIpc) is 3.26. The molecule has 2 aliphatic heterocycles. The maximum absolute atomic E-state index is 12.9. The second-order valence-corrected chi connectivity index (χ2v) is 10.0. The Morgan fingerprint density at radius 2 is 1.97 bits per heavy atom. The first-order valence-corrected chi connectivity index (χ1v) is 11.7. The van der Waals surface area contributed by atoms with Gasteiger partial charge in [-0.1, -0.05) is 12.1 Å².